The van der Waals surface area contributed by atoms with E-state index < -0.39 is 11.9 Å². The Morgan fingerprint density at radius 3 is 2.38 bits per heavy atom. The molecular weight excluding hydrogens is 428 g/mol. The highest BCUT2D eigenvalue weighted by Crippen LogP contribution is 2.31. The van der Waals surface area contributed by atoms with Crippen LogP contribution < -0.4 is 4.74 Å². The predicted molar refractivity (Wildman–Crippen MR) is 126 cm³/mol. The van der Waals surface area contributed by atoms with Gasteiger partial charge in [0.2, 0.25) is 0 Å². The van der Waals surface area contributed by atoms with Gasteiger partial charge < -0.3 is 19.7 Å². The van der Waals surface area contributed by atoms with E-state index in [9.17, 15) is 10.2 Å². The molecule has 0 saturated carbocycles. The van der Waals surface area contributed by atoms with Crippen LogP contribution in [0.5, 0.6) is 5.75 Å². The number of aliphatic hydroxyl groups is 2. The van der Waals surface area contributed by atoms with Crippen molar-refractivity contribution < 1.29 is 19.7 Å². The van der Waals surface area contributed by atoms with Crippen LogP contribution in [0.1, 0.15) is 40.3 Å². The van der Waals surface area contributed by atoms with Crippen molar-refractivity contribution in [3.8, 4) is 22.7 Å². The molecule has 0 aliphatic rings. The van der Waals surface area contributed by atoms with Crippen LogP contribution in [-0.4, -0.2) is 38.5 Å². The van der Waals surface area contributed by atoms with Crippen LogP contribution in [-0.2, 0) is 11.3 Å². The molecule has 0 aliphatic heterocycles. The van der Waals surface area contributed by atoms with E-state index in [2.05, 4.69) is 20.8 Å². The predicted octanol–water partition coefficient (Wildman–Crippen LogP) is 5.22. The van der Waals surface area contributed by atoms with E-state index in [0.29, 0.717) is 17.3 Å². The van der Waals surface area contributed by atoms with Crippen LogP contribution in [0.4, 0.5) is 0 Å². The molecule has 0 bridgehead atoms. The lowest BCUT2D eigenvalue weighted by molar-refractivity contribution is -0.197. The summed E-state index contributed by atoms with van der Waals surface area (Å²) >= 11 is 6.47. The van der Waals surface area contributed by atoms with Gasteiger partial charge in [-0.15, -0.1) is 0 Å². The summed E-state index contributed by atoms with van der Waals surface area (Å²) in [6, 6.07) is 17.2. The zero-order valence-corrected chi connectivity index (χ0v) is 19.9. The molecule has 0 unspecified atom stereocenters. The number of hydrogen-bond acceptors (Lipinski definition) is 5. The molecule has 0 aliphatic carbocycles. The number of nitrogens with zero attached hydrogens (tertiary/aromatic N) is 2. The monoisotopic (exact) mass is 458 g/mol. The van der Waals surface area contributed by atoms with Gasteiger partial charge in [-0.2, -0.15) is 5.10 Å². The summed E-state index contributed by atoms with van der Waals surface area (Å²) in [5.74, 6) is 0.770. The van der Waals surface area contributed by atoms with Crippen LogP contribution in [0.25, 0.3) is 16.9 Å². The van der Waals surface area contributed by atoms with Gasteiger partial charge in [-0.25, -0.2) is 4.68 Å². The summed E-state index contributed by atoms with van der Waals surface area (Å²) in [7, 11) is 0. The van der Waals surface area contributed by atoms with Crippen LogP contribution in [0.2, 0.25) is 5.02 Å². The minimum absolute atomic E-state index is 0.0456. The third kappa shape index (κ3) is 6.11. The summed E-state index contributed by atoms with van der Waals surface area (Å²) in [6.45, 7) is 10.3. The van der Waals surface area contributed by atoms with Crippen molar-refractivity contribution in [1.29, 1.82) is 0 Å². The molecule has 0 amide bonds. The minimum Gasteiger partial charge on any atom is -0.493 e. The maximum atomic E-state index is 9.52. The lowest BCUT2D eigenvalue weighted by atomic mass is 9.99. The van der Waals surface area contributed by atoms with Crippen LogP contribution in [0.3, 0.4) is 0 Å². The Hall–Kier alpha value is -2.38. The first kappa shape index (κ1) is 24.3. The molecule has 0 spiro atoms. The van der Waals surface area contributed by atoms with E-state index in [1.54, 1.807) is 18.5 Å². The van der Waals surface area contributed by atoms with Crippen LogP contribution in [0, 0.1) is 5.41 Å². The summed E-state index contributed by atoms with van der Waals surface area (Å²) in [4.78, 5) is 0. The van der Waals surface area contributed by atoms with Crippen molar-refractivity contribution in [2.24, 2.45) is 5.41 Å². The average Bonchev–Trinajstić information content (AvgIpc) is 3.15. The fraction of sp³-hybridized carbons (Fsp3) is 0.400. The Balaban J connectivity index is 1.99. The maximum absolute atomic E-state index is 9.52. The summed E-state index contributed by atoms with van der Waals surface area (Å²) in [6.07, 6.45) is -1.61. The molecule has 2 aromatic carbocycles. The summed E-state index contributed by atoms with van der Waals surface area (Å²) in [5.41, 5.74) is 2.02. The van der Waals surface area contributed by atoms with Crippen LogP contribution >= 0.6 is 11.6 Å². The molecule has 172 valence electrons. The second-order valence-electron chi connectivity index (χ2n) is 9.53. The molecular formula is C25H31ClN2O4. The fourth-order valence-corrected chi connectivity index (χ4v) is 3.11. The third-order valence-corrected chi connectivity index (χ3v) is 5.18. The van der Waals surface area contributed by atoms with E-state index in [4.69, 9.17) is 26.2 Å². The Kier molecular flexibility index (Phi) is 7.30. The average molecular weight is 459 g/mol. The van der Waals surface area contributed by atoms with Gasteiger partial charge in [-0.3, -0.25) is 0 Å². The van der Waals surface area contributed by atoms with Crippen LogP contribution in [0.15, 0.2) is 54.6 Å². The molecule has 2 N–H and O–H groups in total. The number of hydrogen-bond donors (Lipinski definition) is 2. The Bertz CT molecular complexity index is 1050. The van der Waals surface area contributed by atoms with E-state index >= 15 is 0 Å². The van der Waals surface area contributed by atoms with Gasteiger partial charge >= 0.3 is 0 Å². The van der Waals surface area contributed by atoms with Gasteiger partial charge in [0.05, 0.1) is 35.3 Å². The normalized spacial score (nSPS) is 12.4. The number of ether oxygens (including phenoxy) is 2. The second kappa shape index (κ2) is 9.63. The molecule has 0 saturated heterocycles. The summed E-state index contributed by atoms with van der Waals surface area (Å²) in [5, 5.41) is 24.3. The smallest absolute Gasteiger partial charge is 0.180 e. The number of rotatable bonds is 8. The number of para-hydroxylation sites is 1. The summed E-state index contributed by atoms with van der Waals surface area (Å²) < 4.78 is 13.5. The number of benzene rings is 2. The molecule has 0 radical (unpaired) electrons. The quantitative estimate of drug-likeness (QED) is 0.452. The Labute approximate surface area is 194 Å². The molecule has 1 aromatic heterocycles. The van der Waals surface area contributed by atoms with Gasteiger partial charge in [0.15, 0.2) is 6.29 Å². The molecule has 7 heteroatoms. The van der Waals surface area contributed by atoms with Crippen molar-refractivity contribution in [2.45, 2.75) is 53.1 Å². The molecule has 3 aromatic rings. The molecule has 0 atom stereocenters. The van der Waals surface area contributed by atoms with Crippen molar-refractivity contribution in [3.05, 3.63) is 65.3 Å². The zero-order valence-electron chi connectivity index (χ0n) is 19.2. The van der Waals surface area contributed by atoms with Gasteiger partial charge in [-0.1, -0.05) is 56.6 Å². The molecule has 0 fully saturated rings. The largest absolute Gasteiger partial charge is 0.493 e. The van der Waals surface area contributed by atoms with Gasteiger partial charge in [0, 0.05) is 5.56 Å². The first-order valence-corrected chi connectivity index (χ1v) is 10.9. The first-order valence-electron chi connectivity index (χ1n) is 10.5. The van der Waals surface area contributed by atoms with E-state index in [1.807, 2.05) is 54.6 Å². The molecule has 1 heterocycles. The highest BCUT2D eigenvalue weighted by Gasteiger charge is 2.27. The Morgan fingerprint density at radius 2 is 1.72 bits per heavy atom. The van der Waals surface area contributed by atoms with Crippen molar-refractivity contribution in [2.75, 3.05) is 6.61 Å². The van der Waals surface area contributed by atoms with Crippen molar-refractivity contribution >= 4 is 11.6 Å². The minimum atomic E-state index is -1.61. The molecule has 6 nitrogen and oxygen atoms in total. The molecule has 32 heavy (non-hydrogen) atoms. The van der Waals surface area contributed by atoms with Gasteiger partial charge in [0.25, 0.3) is 0 Å². The number of halogens is 1. The first-order chi connectivity index (χ1) is 15.0. The van der Waals surface area contributed by atoms with E-state index in [0.717, 1.165) is 22.7 Å². The topological polar surface area (TPSA) is 76.7 Å². The highest BCUT2D eigenvalue weighted by atomic mass is 35.5. The molecule has 3 rings (SSSR count). The second-order valence-corrected chi connectivity index (χ2v) is 9.93. The Morgan fingerprint density at radius 1 is 1.00 bits per heavy atom. The SMILES string of the molecule is CC(C)(C)COc1cccc(-c2cc(COC(C)(C)C(O)O)nn2-c2ccccc2Cl)c1. The van der Waals surface area contributed by atoms with Gasteiger partial charge in [0.1, 0.15) is 11.4 Å². The zero-order chi connectivity index (χ0) is 23.5. The lowest BCUT2D eigenvalue weighted by Crippen LogP contribution is -2.38. The van der Waals surface area contributed by atoms with Gasteiger partial charge in [-0.05, 0) is 49.6 Å². The van der Waals surface area contributed by atoms with Crippen molar-refractivity contribution in [1.82, 2.24) is 9.78 Å². The van der Waals surface area contributed by atoms with E-state index in [-0.39, 0.29) is 12.0 Å². The van der Waals surface area contributed by atoms with Crippen molar-refractivity contribution in [3.63, 3.8) is 0 Å². The maximum Gasteiger partial charge on any atom is 0.180 e. The lowest BCUT2D eigenvalue weighted by Gasteiger charge is -2.26. The fourth-order valence-electron chi connectivity index (χ4n) is 2.89. The highest BCUT2D eigenvalue weighted by molar-refractivity contribution is 6.32. The third-order valence-electron chi connectivity index (χ3n) is 4.86. The standard InChI is InChI=1S/C25H31ClN2O4/c1-24(2,3)16-31-19-10-8-9-17(13-19)22-14-18(15-32-25(4,5)23(29)30)27-28(22)21-12-7-6-11-20(21)26/h6-14,23,29-30H,15-16H2,1-5H3. The van der Waals surface area contributed by atoms with E-state index in [1.165, 1.54) is 0 Å². The number of aromatic nitrogens is 2. The number of aliphatic hydroxyl groups excluding tert-OH is 1.